The first kappa shape index (κ1) is 18.0. The van der Waals surface area contributed by atoms with Crippen molar-refractivity contribution in [3.63, 3.8) is 0 Å². The number of ether oxygens (including phenoxy) is 2. The average Bonchev–Trinajstić information content (AvgIpc) is 2.53. The van der Waals surface area contributed by atoms with Gasteiger partial charge in [-0.3, -0.25) is 0 Å². The monoisotopic (exact) mass is 353 g/mol. The lowest BCUT2D eigenvalue weighted by Gasteiger charge is -2.30. The van der Waals surface area contributed by atoms with Crippen LogP contribution in [0.1, 0.15) is 25.3 Å². The Balaban J connectivity index is 2.74. The third kappa shape index (κ3) is 3.14. The van der Waals surface area contributed by atoms with E-state index in [-0.39, 0.29) is 16.2 Å². The zero-order valence-corrected chi connectivity index (χ0v) is 14.5. The van der Waals surface area contributed by atoms with Gasteiger partial charge in [0.1, 0.15) is 5.82 Å². The lowest BCUT2D eigenvalue weighted by molar-refractivity contribution is -0.137. The van der Waals surface area contributed by atoms with Crippen molar-refractivity contribution in [3.8, 4) is 0 Å². The van der Waals surface area contributed by atoms with Crippen LogP contribution in [-0.2, 0) is 19.1 Å². The first-order valence-corrected chi connectivity index (χ1v) is 7.49. The fourth-order valence-corrected chi connectivity index (χ4v) is 3.08. The number of rotatable bonds is 3. The largest absolute Gasteiger partial charge is 0.466 e. The van der Waals surface area contributed by atoms with Crippen molar-refractivity contribution in [3.05, 3.63) is 57.1 Å². The Morgan fingerprint density at radius 1 is 1.08 bits per heavy atom. The number of nitrogens with one attached hydrogen (secondary N) is 1. The molecule has 0 amide bonds. The summed E-state index contributed by atoms with van der Waals surface area (Å²) in [5.41, 5.74) is 1.91. The number of esters is 2. The van der Waals surface area contributed by atoms with E-state index in [1.807, 2.05) is 0 Å². The van der Waals surface area contributed by atoms with Gasteiger partial charge in [0.2, 0.25) is 0 Å². The molecule has 0 aromatic heterocycles. The molecule has 0 fully saturated rings. The summed E-state index contributed by atoms with van der Waals surface area (Å²) < 4.78 is 23.1. The van der Waals surface area contributed by atoms with Gasteiger partial charge in [0.05, 0.1) is 31.3 Å². The number of dihydropyridines is 1. The van der Waals surface area contributed by atoms with Crippen LogP contribution in [0.4, 0.5) is 4.39 Å². The third-order valence-corrected chi connectivity index (χ3v) is 4.17. The molecule has 2 rings (SSSR count). The van der Waals surface area contributed by atoms with E-state index in [4.69, 9.17) is 21.1 Å². The van der Waals surface area contributed by atoms with E-state index in [0.29, 0.717) is 17.0 Å². The van der Waals surface area contributed by atoms with Gasteiger partial charge in [-0.1, -0.05) is 17.7 Å². The maximum Gasteiger partial charge on any atom is 0.336 e. The molecule has 128 valence electrons. The van der Waals surface area contributed by atoms with Crippen LogP contribution in [-0.4, -0.2) is 26.2 Å². The number of methoxy groups -OCH3 is 2. The average molecular weight is 354 g/mol. The molecule has 0 radical (unpaired) electrons. The molecule has 0 saturated carbocycles. The Morgan fingerprint density at radius 3 is 2.00 bits per heavy atom. The molecule has 0 saturated heterocycles. The summed E-state index contributed by atoms with van der Waals surface area (Å²) >= 11 is 6.17. The van der Waals surface area contributed by atoms with E-state index in [2.05, 4.69) is 5.32 Å². The highest BCUT2D eigenvalue weighted by atomic mass is 35.5. The van der Waals surface area contributed by atoms with Gasteiger partial charge in [-0.15, -0.1) is 0 Å². The van der Waals surface area contributed by atoms with Crippen molar-refractivity contribution in [2.24, 2.45) is 0 Å². The third-order valence-electron chi connectivity index (χ3n) is 3.84. The standard InChI is InChI=1S/C17H17ClFNO4/c1-8-13(16(21)23-3)15(11-6-5-10(19)7-12(11)18)14(9(2)20-8)17(22)24-4/h5-7,15,20H,1-4H3. The van der Waals surface area contributed by atoms with Crippen molar-refractivity contribution in [2.45, 2.75) is 19.8 Å². The SMILES string of the molecule is COC(=O)C1=C(C)NC(C)=C(C(=O)OC)C1c1ccc(F)cc1Cl. The van der Waals surface area contributed by atoms with Crippen molar-refractivity contribution in [2.75, 3.05) is 14.2 Å². The molecule has 1 N–H and O–H groups in total. The van der Waals surface area contributed by atoms with Gasteiger partial charge in [0.25, 0.3) is 0 Å². The predicted molar refractivity (Wildman–Crippen MR) is 86.7 cm³/mol. The molecule has 1 aliphatic rings. The van der Waals surface area contributed by atoms with E-state index < -0.39 is 23.7 Å². The summed E-state index contributed by atoms with van der Waals surface area (Å²) in [5.74, 6) is -2.56. The lowest BCUT2D eigenvalue weighted by atomic mass is 9.80. The van der Waals surface area contributed by atoms with Crippen LogP contribution in [0.3, 0.4) is 0 Å². The van der Waals surface area contributed by atoms with E-state index in [1.54, 1.807) is 13.8 Å². The van der Waals surface area contributed by atoms with Crippen LogP contribution in [0.5, 0.6) is 0 Å². The molecule has 1 aromatic carbocycles. The summed E-state index contributed by atoms with van der Waals surface area (Å²) in [6.07, 6.45) is 0. The maximum absolute atomic E-state index is 13.4. The minimum atomic E-state index is -0.820. The van der Waals surface area contributed by atoms with Crippen molar-refractivity contribution >= 4 is 23.5 Å². The first-order valence-electron chi connectivity index (χ1n) is 7.12. The Morgan fingerprint density at radius 2 is 1.58 bits per heavy atom. The quantitative estimate of drug-likeness (QED) is 0.846. The number of hydrogen-bond donors (Lipinski definition) is 1. The molecule has 0 aliphatic carbocycles. The van der Waals surface area contributed by atoms with Crippen LogP contribution in [0, 0.1) is 5.82 Å². The zero-order valence-electron chi connectivity index (χ0n) is 13.7. The lowest BCUT2D eigenvalue weighted by Crippen LogP contribution is -2.32. The van der Waals surface area contributed by atoms with Gasteiger partial charge in [-0.05, 0) is 31.5 Å². The molecule has 1 heterocycles. The molecule has 1 aliphatic heterocycles. The van der Waals surface area contributed by atoms with Crippen molar-refractivity contribution in [1.82, 2.24) is 5.32 Å². The summed E-state index contributed by atoms with van der Waals surface area (Å²) in [6.45, 7) is 3.38. The highest BCUT2D eigenvalue weighted by Crippen LogP contribution is 2.41. The zero-order chi connectivity index (χ0) is 18.0. The Bertz CT molecular complexity index is 732. The fourth-order valence-electron chi connectivity index (χ4n) is 2.80. The van der Waals surface area contributed by atoms with Gasteiger partial charge in [0.15, 0.2) is 0 Å². The van der Waals surface area contributed by atoms with Gasteiger partial charge in [-0.25, -0.2) is 14.0 Å². The summed E-state index contributed by atoms with van der Waals surface area (Å²) in [5, 5.41) is 3.08. The summed E-state index contributed by atoms with van der Waals surface area (Å²) in [4.78, 5) is 24.6. The number of carbonyl (C=O) groups is 2. The molecule has 0 atom stereocenters. The topological polar surface area (TPSA) is 64.6 Å². The number of hydrogen-bond acceptors (Lipinski definition) is 5. The van der Waals surface area contributed by atoms with Crippen molar-refractivity contribution < 1.29 is 23.5 Å². The Labute approximate surface area is 144 Å². The second kappa shape index (κ2) is 7.05. The minimum absolute atomic E-state index is 0.102. The molecule has 24 heavy (non-hydrogen) atoms. The number of halogens is 2. The Kier molecular flexibility index (Phi) is 5.29. The second-order valence-corrected chi connectivity index (χ2v) is 5.69. The molecular formula is C17H17ClFNO4. The first-order chi connectivity index (χ1) is 11.3. The number of carbonyl (C=O) groups excluding carboxylic acids is 2. The fraction of sp³-hybridized carbons (Fsp3) is 0.294. The van der Waals surface area contributed by atoms with Crippen LogP contribution in [0.2, 0.25) is 5.02 Å². The number of benzene rings is 1. The van der Waals surface area contributed by atoms with Crippen LogP contribution in [0.15, 0.2) is 40.7 Å². The van der Waals surface area contributed by atoms with E-state index >= 15 is 0 Å². The molecule has 7 heteroatoms. The Hall–Kier alpha value is -2.34. The highest BCUT2D eigenvalue weighted by Gasteiger charge is 2.38. The van der Waals surface area contributed by atoms with Gasteiger partial charge >= 0.3 is 11.9 Å². The smallest absolute Gasteiger partial charge is 0.336 e. The molecule has 5 nitrogen and oxygen atoms in total. The summed E-state index contributed by atoms with van der Waals surface area (Å²) in [6, 6.07) is 3.80. The van der Waals surface area contributed by atoms with E-state index in [1.165, 1.54) is 26.4 Å². The minimum Gasteiger partial charge on any atom is -0.466 e. The molecule has 1 aromatic rings. The second-order valence-electron chi connectivity index (χ2n) is 5.28. The normalized spacial score (nSPS) is 15.2. The van der Waals surface area contributed by atoms with Crippen LogP contribution < -0.4 is 5.32 Å². The van der Waals surface area contributed by atoms with Crippen LogP contribution >= 0.6 is 11.6 Å². The van der Waals surface area contributed by atoms with E-state index in [0.717, 1.165) is 6.07 Å². The van der Waals surface area contributed by atoms with Crippen molar-refractivity contribution in [1.29, 1.82) is 0 Å². The summed E-state index contributed by atoms with van der Waals surface area (Å²) in [7, 11) is 2.49. The predicted octanol–water partition coefficient (Wildman–Crippen LogP) is 3.06. The highest BCUT2D eigenvalue weighted by molar-refractivity contribution is 6.31. The molecule has 0 unspecified atom stereocenters. The van der Waals surface area contributed by atoms with Crippen LogP contribution in [0.25, 0.3) is 0 Å². The molecule has 0 bridgehead atoms. The van der Waals surface area contributed by atoms with Gasteiger partial charge in [-0.2, -0.15) is 0 Å². The molecular weight excluding hydrogens is 337 g/mol. The van der Waals surface area contributed by atoms with E-state index in [9.17, 15) is 14.0 Å². The molecule has 0 spiro atoms. The number of allylic oxidation sites excluding steroid dienone is 2. The maximum atomic E-state index is 13.4. The van der Waals surface area contributed by atoms with Gasteiger partial charge < -0.3 is 14.8 Å². The van der Waals surface area contributed by atoms with Gasteiger partial charge in [0, 0.05) is 16.4 Å².